The van der Waals surface area contributed by atoms with Crippen LogP contribution in [0.25, 0.3) is 0 Å². The van der Waals surface area contributed by atoms with E-state index in [4.69, 9.17) is 0 Å². The average Bonchev–Trinajstić information content (AvgIpc) is 2.98. The van der Waals surface area contributed by atoms with Crippen molar-refractivity contribution in [1.29, 1.82) is 0 Å². The fraction of sp³-hybridized carbons (Fsp3) is 0.304. The lowest BCUT2D eigenvalue weighted by Gasteiger charge is -2.35. The molecule has 1 aliphatic heterocycles. The Morgan fingerprint density at radius 2 is 1.69 bits per heavy atom. The molecule has 0 aliphatic carbocycles. The van der Waals surface area contributed by atoms with Gasteiger partial charge < -0.3 is 10.3 Å². The van der Waals surface area contributed by atoms with Gasteiger partial charge in [0, 0.05) is 18.4 Å². The number of carbonyl (C=O) groups excluding carboxylic acids is 1. The molecule has 8 nitrogen and oxygen atoms in total. The van der Waals surface area contributed by atoms with Gasteiger partial charge in [-0.3, -0.25) is 9.69 Å². The summed E-state index contributed by atoms with van der Waals surface area (Å²) >= 11 is 0. The minimum atomic E-state index is -3.32. The highest BCUT2D eigenvalue weighted by atomic mass is 32.2. The molecule has 4 rings (SSSR count). The molecule has 0 fully saturated rings. The minimum Gasteiger partial charge on any atom is -0.784 e. The van der Waals surface area contributed by atoms with Crippen molar-refractivity contribution in [2.75, 3.05) is 30.0 Å². The van der Waals surface area contributed by atoms with Crippen LogP contribution in [0.1, 0.15) is 28.4 Å². The summed E-state index contributed by atoms with van der Waals surface area (Å²) in [5.41, 5.74) is 2.99. The number of hydrogen-bond acceptors (Lipinski definition) is 6. The highest BCUT2D eigenvalue weighted by Crippen LogP contribution is 2.39. The molecular formula is C23H25N4O4S-. The Labute approximate surface area is 187 Å². The van der Waals surface area contributed by atoms with Crippen LogP contribution in [-0.2, 0) is 21.2 Å². The zero-order valence-corrected chi connectivity index (χ0v) is 18.8. The monoisotopic (exact) mass is 453 g/mol. The predicted octanol–water partition coefficient (Wildman–Crippen LogP) is 2.52. The molecular weight excluding hydrogens is 428 g/mol. The van der Waals surface area contributed by atoms with E-state index in [0.29, 0.717) is 23.6 Å². The van der Waals surface area contributed by atoms with Crippen LogP contribution >= 0.6 is 0 Å². The number of hydrogen-bond donors (Lipinski definition) is 0. The van der Waals surface area contributed by atoms with Gasteiger partial charge in [0.25, 0.3) is 0 Å². The standard InChI is InChI=1S/C23H25N4O4S/c1-17-21-22(19-11-7-4-8-12-19)27(29)16-20(28)25(13-14-32(2,30)31)23(21)26(24-17)15-18-9-5-3-6-10-18/h3-12,22H,13-16H2,1-2H3/q-1. The molecule has 0 radical (unpaired) electrons. The maximum Gasteiger partial charge on any atom is 0.241 e. The van der Waals surface area contributed by atoms with Crippen molar-refractivity contribution in [3.05, 3.63) is 88.3 Å². The van der Waals surface area contributed by atoms with E-state index in [2.05, 4.69) is 5.10 Å². The Kier molecular flexibility index (Phi) is 6.14. The highest BCUT2D eigenvalue weighted by molar-refractivity contribution is 7.90. The number of amides is 1. The van der Waals surface area contributed by atoms with Crippen molar-refractivity contribution in [2.45, 2.75) is 19.5 Å². The number of hydroxylamine groups is 2. The van der Waals surface area contributed by atoms with E-state index in [1.54, 1.807) is 4.68 Å². The first-order chi connectivity index (χ1) is 15.2. The molecule has 9 heteroatoms. The highest BCUT2D eigenvalue weighted by Gasteiger charge is 2.35. The number of nitrogens with zero attached hydrogens (tertiary/aromatic N) is 4. The van der Waals surface area contributed by atoms with Crippen molar-refractivity contribution in [3.8, 4) is 0 Å². The van der Waals surface area contributed by atoms with E-state index in [0.717, 1.165) is 22.4 Å². The normalized spacial score (nSPS) is 17.3. The van der Waals surface area contributed by atoms with E-state index in [-0.39, 0.29) is 18.8 Å². The van der Waals surface area contributed by atoms with Crippen molar-refractivity contribution >= 4 is 21.6 Å². The van der Waals surface area contributed by atoms with Gasteiger partial charge >= 0.3 is 0 Å². The lowest BCUT2D eigenvalue weighted by atomic mass is 9.98. The second kappa shape index (κ2) is 8.85. The van der Waals surface area contributed by atoms with Gasteiger partial charge in [-0.1, -0.05) is 60.7 Å². The Morgan fingerprint density at radius 3 is 2.31 bits per heavy atom. The number of anilines is 1. The van der Waals surface area contributed by atoms with Gasteiger partial charge in [-0.15, -0.1) is 0 Å². The SMILES string of the molecule is Cc1nn(Cc2ccccc2)c2c1C(c1ccccc1)N([O-])CC(=O)N2CCS(C)(=O)=O. The first-order valence-electron chi connectivity index (χ1n) is 10.3. The van der Waals surface area contributed by atoms with Gasteiger partial charge in [-0.05, 0) is 18.1 Å². The van der Waals surface area contributed by atoms with Crippen LogP contribution in [0.15, 0.2) is 60.7 Å². The molecule has 2 heterocycles. The number of aryl methyl sites for hydroxylation is 1. The van der Waals surface area contributed by atoms with Crippen molar-refractivity contribution in [3.63, 3.8) is 0 Å². The predicted molar refractivity (Wildman–Crippen MR) is 123 cm³/mol. The van der Waals surface area contributed by atoms with Crippen LogP contribution in [0.5, 0.6) is 0 Å². The molecule has 1 atom stereocenters. The average molecular weight is 454 g/mol. The maximum atomic E-state index is 13.2. The van der Waals surface area contributed by atoms with Gasteiger partial charge in [0.05, 0.1) is 30.6 Å². The molecule has 168 valence electrons. The van der Waals surface area contributed by atoms with E-state index < -0.39 is 21.8 Å². The van der Waals surface area contributed by atoms with Crippen molar-refractivity contribution < 1.29 is 13.2 Å². The quantitative estimate of drug-likeness (QED) is 0.569. The van der Waals surface area contributed by atoms with Crippen molar-refractivity contribution in [1.82, 2.24) is 14.8 Å². The summed E-state index contributed by atoms with van der Waals surface area (Å²) in [4.78, 5) is 14.6. The van der Waals surface area contributed by atoms with Gasteiger partial charge in [0.1, 0.15) is 15.7 Å². The largest absolute Gasteiger partial charge is 0.784 e. The van der Waals surface area contributed by atoms with Crippen LogP contribution < -0.4 is 4.90 Å². The van der Waals surface area contributed by atoms with E-state index in [9.17, 15) is 18.4 Å². The second-order valence-corrected chi connectivity index (χ2v) is 10.3. The van der Waals surface area contributed by atoms with E-state index >= 15 is 0 Å². The summed E-state index contributed by atoms with van der Waals surface area (Å²) in [5.74, 6) is -0.174. The molecule has 0 saturated carbocycles. The second-order valence-electron chi connectivity index (χ2n) is 8.03. The van der Waals surface area contributed by atoms with Crippen LogP contribution in [0.4, 0.5) is 5.82 Å². The number of aromatic nitrogens is 2. The molecule has 0 spiro atoms. The number of carbonyl (C=O) groups is 1. The van der Waals surface area contributed by atoms with Gasteiger partial charge in [0.2, 0.25) is 5.91 Å². The van der Waals surface area contributed by atoms with Gasteiger partial charge in [0.15, 0.2) is 0 Å². The lowest BCUT2D eigenvalue weighted by molar-refractivity contribution is -0.119. The van der Waals surface area contributed by atoms with E-state index in [1.165, 1.54) is 4.90 Å². The Balaban J connectivity index is 1.89. The third-order valence-corrected chi connectivity index (χ3v) is 6.46. The Morgan fingerprint density at radius 1 is 1.06 bits per heavy atom. The molecule has 2 aromatic carbocycles. The van der Waals surface area contributed by atoms with Crippen LogP contribution in [0.3, 0.4) is 0 Å². The lowest BCUT2D eigenvalue weighted by Crippen LogP contribution is -2.40. The Bertz CT molecular complexity index is 1210. The third-order valence-electron chi connectivity index (χ3n) is 5.53. The molecule has 1 aliphatic rings. The topological polar surface area (TPSA) is 98.6 Å². The summed E-state index contributed by atoms with van der Waals surface area (Å²) < 4.78 is 25.5. The number of sulfone groups is 1. The van der Waals surface area contributed by atoms with Crippen LogP contribution in [0, 0.1) is 12.1 Å². The third kappa shape index (κ3) is 4.59. The molecule has 1 aromatic heterocycles. The summed E-state index contributed by atoms with van der Waals surface area (Å²) in [7, 11) is -3.32. The minimum absolute atomic E-state index is 0.0417. The molecule has 1 unspecified atom stereocenters. The summed E-state index contributed by atoms with van der Waals surface area (Å²) in [6.07, 6.45) is 1.13. The molecule has 32 heavy (non-hydrogen) atoms. The van der Waals surface area contributed by atoms with Crippen molar-refractivity contribution in [2.24, 2.45) is 0 Å². The maximum absolute atomic E-state index is 13.2. The molecule has 0 saturated heterocycles. The zero-order valence-electron chi connectivity index (χ0n) is 18.0. The van der Waals surface area contributed by atoms with Gasteiger partial charge in [-0.2, -0.15) is 5.10 Å². The number of fused-ring (bicyclic) bond motifs is 1. The Hall–Kier alpha value is -3.01. The number of rotatable bonds is 6. The molecule has 1 amide bonds. The van der Waals surface area contributed by atoms with Crippen LogP contribution in [-0.4, -0.2) is 54.3 Å². The first kappa shape index (κ1) is 22.2. The molecule has 0 bridgehead atoms. The summed E-state index contributed by atoms with van der Waals surface area (Å²) in [6.45, 7) is 1.79. The number of benzene rings is 2. The summed E-state index contributed by atoms with van der Waals surface area (Å²) in [6, 6.07) is 18.2. The molecule has 3 aromatic rings. The van der Waals surface area contributed by atoms with Gasteiger partial charge in [-0.25, -0.2) is 13.1 Å². The fourth-order valence-electron chi connectivity index (χ4n) is 4.08. The van der Waals surface area contributed by atoms with Crippen LogP contribution in [0.2, 0.25) is 0 Å². The van der Waals surface area contributed by atoms with E-state index in [1.807, 2.05) is 67.6 Å². The zero-order chi connectivity index (χ0) is 22.9. The smallest absolute Gasteiger partial charge is 0.241 e. The fourth-order valence-corrected chi connectivity index (χ4v) is 4.60. The molecule has 0 N–H and O–H groups in total. The summed E-state index contributed by atoms with van der Waals surface area (Å²) in [5, 5.41) is 18.6. The first-order valence-corrected chi connectivity index (χ1v) is 12.4.